The first-order valence-corrected chi connectivity index (χ1v) is 9.68. The van der Waals surface area contributed by atoms with Gasteiger partial charge in [-0.05, 0) is 35.8 Å². The second-order valence-electron chi connectivity index (χ2n) is 5.90. The molecule has 2 aromatic carbocycles. The molecule has 3 rings (SSSR count). The summed E-state index contributed by atoms with van der Waals surface area (Å²) < 4.78 is 23.3. The number of hydrogen-bond donors (Lipinski definition) is 0. The van der Waals surface area contributed by atoms with Crippen molar-refractivity contribution in [3.8, 4) is 0 Å². The fraction of sp³-hybridized carbons (Fsp3) is 0.211. The predicted octanol–water partition coefficient (Wildman–Crippen LogP) is 3.02. The van der Waals surface area contributed by atoms with Crippen molar-refractivity contribution in [1.29, 1.82) is 0 Å². The average molecular weight is 341 g/mol. The number of sulfone groups is 1. The predicted molar refractivity (Wildman–Crippen MR) is 94.5 cm³/mol. The van der Waals surface area contributed by atoms with E-state index in [1.54, 1.807) is 17.0 Å². The molecule has 0 unspecified atom stereocenters. The van der Waals surface area contributed by atoms with E-state index in [0.29, 0.717) is 18.7 Å². The lowest BCUT2D eigenvalue weighted by Crippen LogP contribution is -2.34. The van der Waals surface area contributed by atoms with Crippen molar-refractivity contribution in [1.82, 2.24) is 4.90 Å². The van der Waals surface area contributed by atoms with Gasteiger partial charge >= 0.3 is 0 Å². The third kappa shape index (κ3) is 3.57. The van der Waals surface area contributed by atoms with E-state index >= 15 is 0 Å². The van der Waals surface area contributed by atoms with Gasteiger partial charge in [-0.1, -0.05) is 42.5 Å². The molecule has 0 aliphatic carbocycles. The van der Waals surface area contributed by atoms with Crippen LogP contribution in [0.4, 0.5) is 0 Å². The maximum Gasteiger partial charge on any atom is 0.254 e. The van der Waals surface area contributed by atoms with E-state index in [4.69, 9.17) is 0 Å². The van der Waals surface area contributed by atoms with E-state index in [0.717, 1.165) is 12.7 Å². The van der Waals surface area contributed by atoms with Crippen LogP contribution >= 0.6 is 0 Å². The number of carbonyl (C=O) groups excluding carboxylic acids is 1. The van der Waals surface area contributed by atoms with Crippen molar-refractivity contribution in [3.05, 3.63) is 71.8 Å². The van der Waals surface area contributed by atoms with Gasteiger partial charge in [0.15, 0.2) is 9.84 Å². The summed E-state index contributed by atoms with van der Waals surface area (Å²) in [6.45, 7) is 1.16. The molecule has 0 spiro atoms. The van der Waals surface area contributed by atoms with Crippen LogP contribution in [0.25, 0.3) is 5.57 Å². The molecule has 0 bridgehead atoms. The maximum atomic E-state index is 12.6. The summed E-state index contributed by atoms with van der Waals surface area (Å²) in [5, 5.41) is 0. The minimum absolute atomic E-state index is 0.135. The van der Waals surface area contributed by atoms with Gasteiger partial charge in [-0.3, -0.25) is 4.79 Å². The first-order valence-electron chi connectivity index (χ1n) is 7.79. The van der Waals surface area contributed by atoms with Crippen molar-refractivity contribution in [2.75, 3.05) is 19.3 Å². The summed E-state index contributed by atoms with van der Waals surface area (Å²) in [4.78, 5) is 14.5. The van der Waals surface area contributed by atoms with Crippen LogP contribution < -0.4 is 0 Å². The molecule has 0 atom stereocenters. The Morgan fingerprint density at radius 2 is 1.79 bits per heavy atom. The fourth-order valence-electron chi connectivity index (χ4n) is 2.81. The SMILES string of the molecule is CS(=O)(=O)c1cccc(C(=O)N2CC=C(c3ccccc3)CC2)c1. The molecule has 124 valence electrons. The molecule has 2 aromatic rings. The molecule has 0 fully saturated rings. The number of nitrogens with zero attached hydrogens (tertiary/aromatic N) is 1. The Kier molecular flexibility index (Phi) is 4.53. The third-order valence-corrected chi connectivity index (χ3v) is 5.26. The van der Waals surface area contributed by atoms with Gasteiger partial charge < -0.3 is 4.90 Å². The molecule has 24 heavy (non-hydrogen) atoms. The quantitative estimate of drug-likeness (QED) is 0.862. The normalized spacial score (nSPS) is 15.0. The smallest absolute Gasteiger partial charge is 0.254 e. The summed E-state index contributed by atoms with van der Waals surface area (Å²) in [7, 11) is -3.32. The second-order valence-corrected chi connectivity index (χ2v) is 7.91. The summed E-state index contributed by atoms with van der Waals surface area (Å²) in [6.07, 6.45) is 4.00. The van der Waals surface area contributed by atoms with Gasteiger partial charge in [0, 0.05) is 24.9 Å². The number of hydrogen-bond acceptors (Lipinski definition) is 3. The molecule has 0 saturated heterocycles. The van der Waals surface area contributed by atoms with Gasteiger partial charge in [0.1, 0.15) is 0 Å². The minimum Gasteiger partial charge on any atom is -0.335 e. The van der Waals surface area contributed by atoms with E-state index < -0.39 is 9.84 Å². The van der Waals surface area contributed by atoms with E-state index in [1.807, 2.05) is 18.2 Å². The summed E-state index contributed by atoms with van der Waals surface area (Å²) >= 11 is 0. The van der Waals surface area contributed by atoms with E-state index in [2.05, 4.69) is 18.2 Å². The highest BCUT2D eigenvalue weighted by atomic mass is 32.2. The standard InChI is InChI=1S/C19H19NO3S/c1-24(22,23)18-9-5-8-17(14-18)19(21)20-12-10-16(11-13-20)15-6-3-2-4-7-15/h2-10,14H,11-13H2,1H3. The zero-order valence-electron chi connectivity index (χ0n) is 13.5. The van der Waals surface area contributed by atoms with Gasteiger partial charge in [-0.25, -0.2) is 8.42 Å². The molecular weight excluding hydrogens is 322 g/mol. The van der Waals surface area contributed by atoms with E-state index in [1.165, 1.54) is 23.3 Å². The molecule has 1 heterocycles. The van der Waals surface area contributed by atoms with Gasteiger partial charge in [-0.2, -0.15) is 0 Å². The highest BCUT2D eigenvalue weighted by molar-refractivity contribution is 7.90. The summed E-state index contributed by atoms with van der Waals surface area (Å²) in [6, 6.07) is 16.4. The summed E-state index contributed by atoms with van der Waals surface area (Å²) in [5.74, 6) is -0.135. The molecule has 0 aromatic heterocycles. The van der Waals surface area contributed by atoms with Crippen LogP contribution in [0.1, 0.15) is 22.3 Å². The fourth-order valence-corrected chi connectivity index (χ4v) is 3.48. The molecule has 1 aliphatic rings. The Labute approximate surface area is 142 Å². The third-order valence-electron chi connectivity index (χ3n) is 4.15. The Morgan fingerprint density at radius 1 is 1.04 bits per heavy atom. The van der Waals surface area contributed by atoms with Crippen molar-refractivity contribution >= 4 is 21.3 Å². The van der Waals surface area contributed by atoms with Crippen molar-refractivity contribution < 1.29 is 13.2 Å². The van der Waals surface area contributed by atoms with Crippen LogP contribution in [0.5, 0.6) is 0 Å². The minimum atomic E-state index is -3.32. The van der Waals surface area contributed by atoms with Gasteiger partial charge in [0.05, 0.1) is 4.90 Å². The Morgan fingerprint density at radius 3 is 2.42 bits per heavy atom. The van der Waals surface area contributed by atoms with Crippen LogP contribution in [0, 0.1) is 0 Å². The van der Waals surface area contributed by atoms with Crippen LogP contribution in [0.2, 0.25) is 0 Å². The number of carbonyl (C=O) groups is 1. The van der Waals surface area contributed by atoms with Crippen LogP contribution in [0.3, 0.4) is 0 Å². The number of benzene rings is 2. The molecule has 0 saturated carbocycles. The van der Waals surface area contributed by atoms with Crippen molar-refractivity contribution in [2.24, 2.45) is 0 Å². The highest BCUT2D eigenvalue weighted by Crippen LogP contribution is 2.23. The average Bonchev–Trinajstić information content (AvgIpc) is 2.61. The molecule has 0 N–H and O–H groups in total. The lowest BCUT2D eigenvalue weighted by molar-refractivity contribution is 0.0772. The molecule has 1 amide bonds. The zero-order chi connectivity index (χ0) is 17.2. The molecular formula is C19H19NO3S. The maximum absolute atomic E-state index is 12.6. The monoisotopic (exact) mass is 341 g/mol. The summed E-state index contributed by atoms with van der Waals surface area (Å²) in [5.41, 5.74) is 2.84. The van der Waals surface area contributed by atoms with Crippen LogP contribution in [0.15, 0.2) is 65.6 Å². The van der Waals surface area contributed by atoms with Crippen molar-refractivity contribution in [3.63, 3.8) is 0 Å². The Bertz CT molecular complexity index is 886. The van der Waals surface area contributed by atoms with E-state index in [-0.39, 0.29) is 10.8 Å². The van der Waals surface area contributed by atoms with Crippen LogP contribution in [-0.4, -0.2) is 38.6 Å². The van der Waals surface area contributed by atoms with Gasteiger partial charge in [0.2, 0.25) is 0 Å². The lowest BCUT2D eigenvalue weighted by Gasteiger charge is -2.27. The molecule has 1 aliphatic heterocycles. The van der Waals surface area contributed by atoms with Crippen LogP contribution in [-0.2, 0) is 9.84 Å². The zero-order valence-corrected chi connectivity index (χ0v) is 14.3. The lowest BCUT2D eigenvalue weighted by atomic mass is 9.99. The highest BCUT2D eigenvalue weighted by Gasteiger charge is 2.20. The number of rotatable bonds is 3. The van der Waals surface area contributed by atoms with Crippen molar-refractivity contribution in [2.45, 2.75) is 11.3 Å². The molecule has 0 radical (unpaired) electrons. The largest absolute Gasteiger partial charge is 0.335 e. The number of amides is 1. The Hall–Kier alpha value is -2.40. The second kappa shape index (κ2) is 6.61. The first-order chi connectivity index (χ1) is 11.4. The van der Waals surface area contributed by atoms with Gasteiger partial charge in [-0.15, -0.1) is 0 Å². The molecule has 5 heteroatoms. The topological polar surface area (TPSA) is 54.5 Å². The Balaban J connectivity index is 1.77. The van der Waals surface area contributed by atoms with Gasteiger partial charge in [0.25, 0.3) is 5.91 Å². The van der Waals surface area contributed by atoms with E-state index in [9.17, 15) is 13.2 Å². The molecule has 4 nitrogen and oxygen atoms in total. The first kappa shape index (κ1) is 16.5.